The molecule has 0 radical (unpaired) electrons. The standard InChI is InChI=1S/C10H9F3N2/c11-9-8-5(3-4-14-9)6-1-2-7(15-6)10(8,12)13/h3-4,6-7,15H,1-2H2. The minimum absolute atomic E-state index is 0.137. The lowest BCUT2D eigenvalue weighted by Crippen LogP contribution is -2.45. The molecule has 80 valence electrons. The van der Waals surface area contributed by atoms with Crippen molar-refractivity contribution < 1.29 is 13.2 Å². The molecule has 15 heavy (non-hydrogen) atoms. The molecule has 0 amide bonds. The fourth-order valence-electron chi connectivity index (χ4n) is 2.52. The lowest BCUT2D eigenvalue weighted by Gasteiger charge is -2.32. The van der Waals surface area contributed by atoms with Gasteiger partial charge >= 0.3 is 0 Å². The van der Waals surface area contributed by atoms with Gasteiger partial charge in [-0.1, -0.05) is 0 Å². The van der Waals surface area contributed by atoms with Crippen LogP contribution in [0.15, 0.2) is 12.3 Å². The van der Waals surface area contributed by atoms with E-state index in [0.29, 0.717) is 18.4 Å². The van der Waals surface area contributed by atoms with Gasteiger partial charge in [0.05, 0.1) is 11.6 Å². The fraction of sp³-hybridized carbons (Fsp3) is 0.500. The molecule has 2 aliphatic rings. The van der Waals surface area contributed by atoms with E-state index in [9.17, 15) is 13.2 Å². The summed E-state index contributed by atoms with van der Waals surface area (Å²) in [7, 11) is 0. The van der Waals surface area contributed by atoms with E-state index in [-0.39, 0.29) is 6.04 Å². The smallest absolute Gasteiger partial charge is 0.292 e. The first-order valence-corrected chi connectivity index (χ1v) is 4.89. The number of fused-ring (bicyclic) bond motifs is 4. The van der Waals surface area contributed by atoms with Crippen LogP contribution in [0.1, 0.15) is 30.0 Å². The molecule has 2 atom stereocenters. The molecule has 0 aromatic carbocycles. The number of nitrogens with zero attached hydrogens (tertiary/aromatic N) is 1. The van der Waals surface area contributed by atoms with Crippen LogP contribution in [0.4, 0.5) is 13.2 Å². The van der Waals surface area contributed by atoms with E-state index in [1.807, 2.05) is 0 Å². The summed E-state index contributed by atoms with van der Waals surface area (Å²) in [5.41, 5.74) is -0.141. The van der Waals surface area contributed by atoms with Crippen molar-refractivity contribution in [1.29, 1.82) is 0 Å². The van der Waals surface area contributed by atoms with Gasteiger partial charge in [0, 0.05) is 12.2 Å². The van der Waals surface area contributed by atoms with Gasteiger partial charge in [-0.3, -0.25) is 0 Å². The van der Waals surface area contributed by atoms with Gasteiger partial charge in [0.15, 0.2) is 0 Å². The van der Waals surface area contributed by atoms with Crippen molar-refractivity contribution in [2.24, 2.45) is 0 Å². The Hall–Kier alpha value is -1.10. The highest BCUT2D eigenvalue weighted by atomic mass is 19.3. The third-order valence-electron chi connectivity index (χ3n) is 3.23. The van der Waals surface area contributed by atoms with Gasteiger partial charge in [0.25, 0.3) is 5.92 Å². The summed E-state index contributed by atoms with van der Waals surface area (Å²) in [6.07, 6.45) is 2.26. The maximum absolute atomic E-state index is 13.8. The number of hydrogen-bond donors (Lipinski definition) is 1. The maximum Gasteiger partial charge on any atom is 0.292 e. The molecule has 1 N–H and O–H groups in total. The molecular formula is C10H9F3N2. The molecule has 0 spiro atoms. The Balaban J connectivity index is 2.27. The van der Waals surface area contributed by atoms with E-state index in [4.69, 9.17) is 0 Å². The van der Waals surface area contributed by atoms with E-state index >= 15 is 0 Å². The van der Waals surface area contributed by atoms with Crippen LogP contribution in [0.5, 0.6) is 0 Å². The molecule has 1 saturated heterocycles. The van der Waals surface area contributed by atoms with Crippen molar-refractivity contribution in [3.05, 3.63) is 29.3 Å². The molecule has 1 aromatic heterocycles. The summed E-state index contributed by atoms with van der Waals surface area (Å²) in [6, 6.07) is 0.404. The van der Waals surface area contributed by atoms with Gasteiger partial charge in [-0.15, -0.1) is 0 Å². The van der Waals surface area contributed by atoms with Crippen molar-refractivity contribution in [2.45, 2.75) is 30.8 Å². The minimum atomic E-state index is -3.14. The molecule has 2 aliphatic heterocycles. The van der Waals surface area contributed by atoms with Gasteiger partial charge in [-0.2, -0.15) is 13.2 Å². The second-order valence-corrected chi connectivity index (χ2v) is 4.04. The van der Waals surface area contributed by atoms with Crippen LogP contribution in [0, 0.1) is 5.95 Å². The zero-order valence-electron chi connectivity index (χ0n) is 7.80. The van der Waals surface area contributed by atoms with Crippen LogP contribution in [-0.4, -0.2) is 11.0 Å². The summed E-state index contributed by atoms with van der Waals surface area (Å²) >= 11 is 0. The number of pyridine rings is 1. The van der Waals surface area contributed by atoms with Gasteiger partial charge < -0.3 is 5.32 Å². The first-order valence-electron chi connectivity index (χ1n) is 4.89. The Labute approximate surface area is 84.5 Å². The number of hydrogen-bond acceptors (Lipinski definition) is 2. The monoisotopic (exact) mass is 214 g/mol. The predicted octanol–water partition coefficient (Wildman–Crippen LogP) is 2.12. The number of aromatic nitrogens is 1. The van der Waals surface area contributed by atoms with Crippen LogP contribution in [0.3, 0.4) is 0 Å². The molecule has 2 nitrogen and oxygen atoms in total. The average molecular weight is 214 g/mol. The summed E-state index contributed by atoms with van der Waals surface area (Å²) in [5.74, 6) is -4.17. The van der Waals surface area contributed by atoms with Crippen LogP contribution < -0.4 is 5.32 Å². The zero-order valence-corrected chi connectivity index (χ0v) is 7.80. The van der Waals surface area contributed by atoms with Crippen LogP contribution in [0.25, 0.3) is 0 Å². The summed E-state index contributed by atoms with van der Waals surface area (Å²) in [4.78, 5) is 3.31. The molecule has 2 bridgehead atoms. The SMILES string of the molecule is Fc1nccc2c1C(F)(F)C1CCC2N1. The van der Waals surface area contributed by atoms with Crippen LogP contribution >= 0.6 is 0 Å². The van der Waals surface area contributed by atoms with Gasteiger partial charge in [-0.25, -0.2) is 4.98 Å². The van der Waals surface area contributed by atoms with Gasteiger partial charge in [0.1, 0.15) is 0 Å². The molecule has 3 heterocycles. The highest BCUT2D eigenvalue weighted by Crippen LogP contribution is 2.48. The Morgan fingerprint density at radius 3 is 3.00 bits per heavy atom. The van der Waals surface area contributed by atoms with Crippen molar-refractivity contribution >= 4 is 0 Å². The van der Waals surface area contributed by atoms with E-state index in [1.54, 1.807) is 0 Å². The molecule has 5 heteroatoms. The molecule has 1 aromatic rings. The topological polar surface area (TPSA) is 24.9 Å². The van der Waals surface area contributed by atoms with E-state index in [0.717, 1.165) is 0 Å². The number of rotatable bonds is 0. The van der Waals surface area contributed by atoms with Crippen molar-refractivity contribution in [1.82, 2.24) is 10.3 Å². The molecular weight excluding hydrogens is 205 g/mol. The third-order valence-corrected chi connectivity index (χ3v) is 3.23. The highest BCUT2D eigenvalue weighted by Gasteiger charge is 2.53. The average Bonchev–Trinajstić information content (AvgIpc) is 2.61. The lowest BCUT2D eigenvalue weighted by atomic mass is 9.93. The number of halogens is 3. The molecule has 0 saturated carbocycles. The Morgan fingerprint density at radius 2 is 2.20 bits per heavy atom. The Kier molecular flexibility index (Phi) is 1.66. The normalized spacial score (nSPS) is 31.4. The zero-order chi connectivity index (χ0) is 10.6. The van der Waals surface area contributed by atoms with Crippen molar-refractivity contribution in [3.63, 3.8) is 0 Å². The van der Waals surface area contributed by atoms with E-state index < -0.39 is 23.5 Å². The lowest BCUT2D eigenvalue weighted by molar-refractivity contribution is -0.0493. The molecule has 2 unspecified atom stereocenters. The second-order valence-electron chi connectivity index (χ2n) is 4.04. The number of alkyl halides is 2. The maximum atomic E-state index is 13.8. The largest absolute Gasteiger partial charge is 0.301 e. The third kappa shape index (κ3) is 1.07. The summed E-state index contributed by atoms with van der Waals surface area (Å²) in [5, 5.41) is 2.82. The highest BCUT2D eigenvalue weighted by molar-refractivity contribution is 5.37. The predicted molar refractivity (Wildman–Crippen MR) is 47.0 cm³/mol. The Bertz CT molecular complexity index is 419. The van der Waals surface area contributed by atoms with Crippen molar-refractivity contribution in [3.8, 4) is 0 Å². The van der Waals surface area contributed by atoms with Gasteiger partial charge in [0.2, 0.25) is 5.95 Å². The first-order chi connectivity index (χ1) is 7.10. The van der Waals surface area contributed by atoms with Crippen LogP contribution in [0.2, 0.25) is 0 Å². The van der Waals surface area contributed by atoms with E-state index in [1.165, 1.54) is 12.3 Å². The van der Waals surface area contributed by atoms with E-state index in [2.05, 4.69) is 10.3 Å². The molecule has 1 fully saturated rings. The quantitative estimate of drug-likeness (QED) is 0.669. The van der Waals surface area contributed by atoms with Gasteiger partial charge in [-0.05, 0) is 24.5 Å². The second kappa shape index (κ2) is 2.72. The number of nitrogens with one attached hydrogen (secondary N) is 1. The summed E-state index contributed by atoms with van der Waals surface area (Å²) in [6.45, 7) is 0. The van der Waals surface area contributed by atoms with Crippen molar-refractivity contribution in [2.75, 3.05) is 0 Å². The molecule has 0 aliphatic carbocycles. The fourth-order valence-corrected chi connectivity index (χ4v) is 2.52. The molecule has 3 rings (SSSR count). The Morgan fingerprint density at radius 1 is 1.40 bits per heavy atom. The minimum Gasteiger partial charge on any atom is -0.301 e. The van der Waals surface area contributed by atoms with Crippen LogP contribution in [-0.2, 0) is 5.92 Å². The summed E-state index contributed by atoms with van der Waals surface area (Å²) < 4.78 is 40.9. The first kappa shape index (κ1) is 9.15.